The predicted molar refractivity (Wildman–Crippen MR) is 69.8 cm³/mol. The van der Waals surface area contributed by atoms with E-state index in [9.17, 15) is 9.90 Å². The van der Waals surface area contributed by atoms with Gasteiger partial charge in [0.15, 0.2) is 0 Å². The van der Waals surface area contributed by atoms with E-state index in [4.69, 9.17) is 4.74 Å². The van der Waals surface area contributed by atoms with Crippen molar-refractivity contribution < 1.29 is 9.84 Å². The van der Waals surface area contributed by atoms with Gasteiger partial charge in [-0.25, -0.2) is 0 Å². The Morgan fingerprint density at radius 1 is 1.39 bits per heavy atom. The zero-order valence-corrected chi connectivity index (χ0v) is 11.5. The van der Waals surface area contributed by atoms with E-state index in [2.05, 4.69) is 9.97 Å². The van der Waals surface area contributed by atoms with Crippen LogP contribution >= 0.6 is 0 Å². The molecule has 0 saturated carbocycles. The van der Waals surface area contributed by atoms with Crippen molar-refractivity contribution in [3.8, 4) is 5.88 Å². The summed E-state index contributed by atoms with van der Waals surface area (Å²) in [5.41, 5.74) is -0.606. The summed E-state index contributed by atoms with van der Waals surface area (Å²) in [5.74, 6) is 0.198. The third kappa shape index (κ3) is 2.90. The second-order valence-corrected chi connectivity index (χ2v) is 4.48. The van der Waals surface area contributed by atoms with E-state index >= 15 is 0 Å². The summed E-state index contributed by atoms with van der Waals surface area (Å²) in [7, 11) is 0. The van der Waals surface area contributed by atoms with Crippen molar-refractivity contribution in [2.24, 2.45) is 0 Å². The lowest BCUT2D eigenvalue weighted by Crippen LogP contribution is -2.31. The van der Waals surface area contributed by atoms with Gasteiger partial charge in [-0.2, -0.15) is 4.98 Å². The quantitative estimate of drug-likeness (QED) is 0.815. The number of hydrogen-bond donors (Lipinski definition) is 2. The highest BCUT2D eigenvalue weighted by atomic mass is 16.5. The average molecular weight is 254 g/mol. The predicted octanol–water partition coefficient (Wildman–Crippen LogP) is 2.09. The Bertz CT molecular complexity index is 456. The Hall–Kier alpha value is -1.36. The summed E-state index contributed by atoms with van der Waals surface area (Å²) in [6.07, 6.45) is 1.97. The normalized spacial score (nSPS) is 14.4. The first-order valence-corrected chi connectivity index (χ1v) is 6.45. The summed E-state index contributed by atoms with van der Waals surface area (Å²) in [4.78, 5) is 18.7. The van der Waals surface area contributed by atoms with Crippen LogP contribution in [0.1, 0.15) is 51.9 Å². The molecule has 2 N–H and O–H groups in total. The van der Waals surface area contributed by atoms with Crippen molar-refractivity contribution in [2.45, 2.75) is 52.6 Å². The Morgan fingerprint density at radius 2 is 2.06 bits per heavy atom. The standard InChI is InChI=1S/C13H22N2O3/c1-5-8-9-10(16)14-12(15-11(9)17)13(4,6-2)18-7-3/h5-8H2,1-4H3,(H2,14,15,16,17). The minimum Gasteiger partial charge on any atom is -0.493 e. The van der Waals surface area contributed by atoms with E-state index in [1.54, 1.807) is 0 Å². The molecular formula is C13H22N2O3. The monoisotopic (exact) mass is 254 g/mol. The Labute approximate surface area is 107 Å². The van der Waals surface area contributed by atoms with Crippen LogP contribution in [-0.4, -0.2) is 21.7 Å². The lowest BCUT2D eigenvalue weighted by atomic mass is 10.0. The molecule has 0 amide bonds. The fourth-order valence-corrected chi connectivity index (χ4v) is 1.87. The van der Waals surface area contributed by atoms with E-state index in [0.29, 0.717) is 30.8 Å². The van der Waals surface area contributed by atoms with Gasteiger partial charge in [0.25, 0.3) is 5.56 Å². The molecule has 1 heterocycles. The minimum atomic E-state index is -0.671. The Morgan fingerprint density at radius 3 is 2.50 bits per heavy atom. The van der Waals surface area contributed by atoms with Gasteiger partial charge in [-0.15, -0.1) is 0 Å². The number of aromatic hydroxyl groups is 1. The van der Waals surface area contributed by atoms with Gasteiger partial charge in [0.2, 0.25) is 5.88 Å². The number of aromatic amines is 1. The number of ether oxygens (including phenoxy) is 1. The largest absolute Gasteiger partial charge is 0.493 e. The third-order valence-corrected chi connectivity index (χ3v) is 3.13. The molecule has 0 aromatic carbocycles. The Kier molecular flexibility index (Phi) is 4.90. The molecule has 0 aliphatic heterocycles. The molecule has 102 valence electrons. The maximum Gasteiger partial charge on any atom is 0.258 e. The van der Waals surface area contributed by atoms with Crippen molar-refractivity contribution >= 4 is 0 Å². The van der Waals surface area contributed by atoms with Crippen LogP contribution in [0.2, 0.25) is 0 Å². The number of hydrogen-bond acceptors (Lipinski definition) is 4. The molecule has 5 heteroatoms. The molecule has 1 unspecified atom stereocenters. The number of rotatable bonds is 6. The molecule has 1 rings (SSSR count). The van der Waals surface area contributed by atoms with Crippen LogP contribution < -0.4 is 5.56 Å². The number of nitrogens with zero attached hydrogens (tertiary/aromatic N) is 1. The molecule has 0 spiro atoms. The zero-order chi connectivity index (χ0) is 13.8. The van der Waals surface area contributed by atoms with Crippen LogP contribution in [-0.2, 0) is 16.8 Å². The molecule has 1 atom stereocenters. The zero-order valence-electron chi connectivity index (χ0n) is 11.5. The maximum absolute atomic E-state index is 11.9. The van der Waals surface area contributed by atoms with Crippen LogP contribution in [0.3, 0.4) is 0 Å². The fraction of sp³-hybridized carbons (Fsp3) is 0.692. The highest BCUT2D eigenvalue weighted by Gasteiger charge is 2.29. The van der Waals surface area contributed by atoms with Crippen LogP contribution in [0, 0.1) is 0 Å². The van der Waals surface area contributed by atoms with E-state index in [1.165, 1.54) is 0 Å². The van der Waals surface area contributed by atoms with Crippen molar-refractivity contribution in [1.82, 2.24) is 9.97 Å². The van der Waals surface area contributed by atoms with Crippen molar-refractivity contribution in [1.29, 1.82) is 0 Å². The van der Waals surface area contributed by atoms with Gasteiger partial charge in [0, 0.05) is 6.61 Å². The number of H-pyrrole nitrogens is 1. The van der Waals surface area contributed by atoms with Crippen LogP contribution in [0.5, 0.6) is 5.88 Å². The first-order chi connectivity index (χ1) is 8.48. The van der Waals surface area contributed by atoms with Crippen molar-refractivity contribution in [3.63, 3.8) is 0 Å². The minimum absolute atomic E-state index is 0.185. The van der Waals surface area contributed by atoms with Gasteiger partial charge >= 0.3 is 0 Å². The second kappa shape index (κ2) is 6.00. The van der Waals surface area contributed by atoms with Gasteiger partial charge in [0.05, 0.1) is 5.56 Å². The van der Waals surface area contributed by atoms with E-state index in [0.717, 1.165) is 6.42 Å². The highest BCUT2D eigenvalue weighted by molar-refractivity contribution is 5.24. The molecule has 0 fully saturated rings. The smallest absolute Gasteiger partial charge is 0.258 e. The number of aromatic nitrogens is 2. The van der Waals surface area contributed by atoms with Gasteiger partial charge in [-0.1, -0.05) is 20.3 Å². The SMILES string of the molecule is CCCc1c(O)nc(C(C)(CC)OCC)[nH]c1=O. The summed E-state index contributed by atoms with van der Waals surface area (Å²) in [6.45, 7) is 8.16. The first kappa shape index (κ1) is 14.7. The maximum atomic E-state index is 11.9. The van der Waals surface area contributed by atoms with Gasteiger partial charge < -0.3 is 14.8 Å². The van der Waals surface area contributed by atoms with E-state index in [1.807, 2.05) is 27.7 Å². The van der Waals surface area contributed by atoms with Gasteiger partial charge in [-0.3, -0.25) is 4.79 Å². The number of nitrogens with one attached hydrogen (secondary N) is 1. The molecule has 0 radical (unpaired) electrons. The van der Waals surface area contributed by atoms with Crippen LogP contribution in [0.15, 0.2) is 4.79 Å². The fourth-order valence-electron chi connectivity index (χ4n) is 1.87. The summed E-state index contributed by atoms with van der Waals surface area (Å²) in [5, 5.41) is 9.84. The summed E-state index contributed by atoms with van der Waals surface area (Å²) in [6, 6.07) is 0. The van der Waals surface area contributed by atoms with Crippen LogP contribution in [0.4, 0.5) is 0 Å². The second-order valence-electron chi connectivity index (χ2n) is 4.48. The molecular weight excluding hydrogens is 232 g/mol. The van der Waals surface area contributed by atoms with Gasteiger partial charge in [-0.05, 0) is 26.7 Å². The highest BCUT2D eigenvalue weighted by Crippen LogP contribution is 2.26. The molecule has 0 saturated heterocycles. The molecule has 5 nitrogen and oxygen atoms in total. The van der Waals surface area contributed by atoms with Crippen molar-refractivity contribution in [3.05, 3.63) is 21.7 Å². The third-order valence-electron chi connectivity index (χ3n) is 3.13. The van der Waals surface area contributed by atoms with Gasteiger partial charge in [0.1, 0.15) is 11.4 Å². The summed E-state index contributed by atoms with van der Waals surface area (Å²) < 4.78 is 5.63. The average Bonchev–Trinajstić information content (AvgIpc) is 2.33. The molecule has 18 heavy (non-hydrogen) atoms. The lowest BCUT2D eigenvalue weighted by Gasteiger charge is -2.27. The van der Waals surface area contributed by atoms with E-state index < -0.39 is 5.60 Å². The Balaban J connectivity index is 3.23. The molecule has 0 aliphatic carbocycles. The van der Waals surface area contributed by atoms with Crippen LogP contribution in [0.25, 0.3) is 0 Å². The molecule has 1 aromatic rings. The molecule has 1 aromatic heterocycles. The van der Waals surface area contributed by atoms with E-state index in [-0.39, 0.29) is 11.4 Å². The van der Waals surface area contributed by atoms with Crippen molar-refractivity contribution in [2.75, 3.05) is 6.61 Å². The molecule has 0 aliphatic rings. The molecule has 0 bridgehead atoms. The first-order valence-electron chi connectivity index (χ1n) is 6.45. The summed E-state index contributed by atoms with van der Waals surface area (Å²) >= 11 is 0. The lowest BCUT2D eigenvalue weighted by molar-refractivity contribution is -0.0396. The topological polar surface area (TPSA) is 75.2 Å².